The second-order valence-electron chi connectivity index (χ2n) is 10.3. The van der Waals surface area contributed by atoms with Crippen LogP contribution in [0, 0.1) is 32.1 Å². The number of carbonyl (C=O) groups is 1. The van der Waals surface area contributed by atoms with Crippen LogP contribution in [0.3, 0.4) is 0 Å². The second-order valence-corrected chi connectivity index (χ2v) is 11.6. The number of aliphatic hydroxyl groups excluding tert-OH is 2. The number of Topliss-reactive ketones (excluding diaryl/α,β-unsaturated/α-hetero) is 1. The van der Waals surface area contributed by atoms with Crippen molar-refractivity contribution in [2.75, 3.05) is 26.4 Å². The third-order valence-corrected chi connectivity index (χ3v) is 8.86. The lowest BCUT2D eigenvalue weighted by molar-refractivity contribution is 0.0985. The molecule has 1 aromatic heterocycles. The van der Waals surface area contributed by atoms with E-state index >= 15 is 0 Å². The van der Waals surface area contributed by atoms with E-state index in [1.165, 1.54) is 21.6 Å². The number of aliphatic hydroxyl groups is 2. The summed E-state index contributed by atoms with van der Waals surface area (Å²) in [6.45, 7) is 11.8. The Kier molecular flexibility index (Phi) is 7.02. The monoisotopic (exact) mass is 471 g/mol. The molecule has 2 aliphatic carbocycles. The van der Waals surface area contributed by atoms with Gasteiger partial charge in [0.05, 0.1) is 24.1 Å². The van der Waals surface area contributed by atoms with Crippen LogP contribution in [0.2, 0.25) is 0 Å². The summed E-state index contributed by atoms with van der Waals surface area (Å²) in [6.07, 6.45) is 2.35. The molecule has 1 aromatic carbocycles. The van der Waals surface area contributed by atoms with Crippen LogP contribution in [-0.2, 0) is 12.8 Å². The highest BCUT2D eigenvalue weighted by atomic mass is 32.1. The molecule has 0 bridgehead atoms. The first-order valence-electron chi connectivity index (χ1n) is 12.0. The molecule has 3 N–H and O–H groups in total. The molecule has 0 spiro atoms. The normalized spacial score (nSPS) is 20.1. The van der Waals surface area contributed by atoms with Crippen molar-refractivity contribution in [3.63, 3.8) is 0 Å². The van der Waals surface area contributed by atoms with Gasteiger partial charge in [0.2, 0.25) is 0 Å². The zero-order chi connectivity index (χ0) is 23.9. The van der Waals surface area contributed by atoms with Crippen molar-refractivity contribution in [1.82, 2.24) is 5.32 Å². The van der Waals surface area contributed by atoms with Crippen LogP contribution < -0.4 is 10.1 Å². The predicted molar refractivity (Wildman–Crippen MR) is 133 cm³/mol. The quantitative estimate of drug-likeness (QED) is 0.340. The number of nitrogens with one attached hydrogen (secondary N) is 1. The average Bonchev–Trinajstić information content (AvgIpc) is 3.09. The van der Waals surface area contributed by atoms with E-state index in [1.807, 2.05) is 13.8 Å². The van der Waals surface area contributed by atoms with Gasteiger partial charge in [-0.25, -0.2) is 0 Å². The number of aryl methyl sites for hydroxylation is 4. The molecule has 0 saturated heterocycles. The molecule has 5 nitrogen and oxygen atoms in total. The standard InChI is InChI=1S/C27H37NO4S/c1-15-10-18(11-16(2)25(15)32-9-8-28-19(13-29)14-30)6-7-22(31)26-20-12-21-24(27(21,4)5)23(20)17(3)33-26/h10-11,19,21,24,28-30H,6-9,12-14H2,1-5H3/t21-,24?/m1/s1. The number of carbonyl (C=O) groups excluding carboxylic acids is 1. The summed E-state index contributed by atoms with van der Waals surface area (Å²) in [6, 6.07) is 3.92. The van der Waals surface area contributed by atoms with Gasteiger partial charge in [-0.05, 0) is 78.7 Å². The fourth-order valence-electron chi connectivity index (χ4n) is 5.74. The largest absolute Gasteiger partial charge is 0.492 e. The van der Waals surface area contributed by atoms with Gasteiger partial charge in [0.1, 0.15) is 12.4 Å². The van der Waals surface area contributed by atoms with E-state index in [-0.39, 0.29) is 25.0 Å². The maximum Gasteiger partial charge on any atom is 0.173 e. The maximum absolute atomic E-state index is 13.1. The lowest BCUT2D eigenvalue weighted by Gasteiger charge is -2.16. The summed E-state index contributed by atoms with van der Waals surface area (Å²) in [5.41, 5.74) is 6.55. The number of hydrogen-bond acceptors (Lipinski definition) is 6. The van der Waals surface area contributed by atoms with Gasteiger partial charge < -0.3 is 20.3 Å². The van der Waals surface area contributed by atoms with Crippen LogP contribution in [0.15, 0.2) is 12.1 Å². The van der Waals surface area contributed by atoms with Crippen molar-refractivity contribution in [2.24, 2.45) is 11.3 Å². The zero-order valence-electron chi connectivity index (χ0n) is 20.5. The number of hydrogen-bond donors (Lipinski definition) is 3. The van der Waals surface area contributed by atoms with Gasteiger partial charge in [-0.1, -0.05) is 26.0 Å². The summed E-state index contributed by atoms with van der Waals surface area (Å²) in [5.74, 6) is 2.54. The van der Waals surface area contributed by atoms with Gasteiger partial charge in [-0.3, -0.25) is 4.79 Å². The highest BCUT2D eigenvalue weighted by Crippen LogP contribution is 2.71. The first-order valence-corrected chi connectivity index (χ1v) is 12.8. The molecule has 1 unspecified atom stereocenters. The van der Waals surface area contributed by atoms with Crippen molar-refractivity contribution >= 4 is 17.1 Å². The van der Waals surface area contributed by atoms with E-state index in [1.54, 1.807) is 11.3 Å². The van der Waals surface area contributed by atoms with Crippen molar-refractivity contribution in [2.45, 2.75) is 65.8 Å². The SMILES string of the molecule is Cc1cc(CCC(=O)c2sc(C)c3c2C[C@@H]2C3C2(C)C)cc(C)c1OCCNC(CO)CO. The highest BCUT2D eigenvalue weighted by Gasteiger charge is 2.63. The van der Waals surface area contributed by atoms with Crippen molar-refractivity contribution in [3.8, 4) is 5.75 Å². The van der Waals surface area contributed by atoms with Crippen LogP contribution in [0.1, 0.15) is 68.6 Å². The Balaban J connectivity index is 1.35. The van der Waals surface area contributed by atoms with E-state index < -0.39 is 0 Å². The zero-order valence-corrected chi connectivity index (χ0v) is 21.3. The minimum absolute atomic E-state index is 0.102. The molecule has 1 heterocycles. The highest BCUT2D eigenvalue weighted by molar-refractivity contribution is 7.14. The number of benzene rings is 1. The molecule has 1 fully saturated rings. The first kappa shape index (κ1) is 24.4. The van der Waals surface area contributed by atoms with Crippen molar-refractivity contribution in [3.05, 3.63) is 49.7 Å². The molecule has 2 atom stereocenters. The number of rotatable bonds is 11. The molecule has 6 heteroatoms. The molecule has 2 aromatic rings. The molecule has 0 amide bonds. The molecular weight excluding hydrogens is 434 g/mol. The van der Waals surface area contributed by atoms with Gasteiger partial charge >= 0.3 is 0 Å². The van der Waals surface area contributed by atoms with E-state index in [9.17, 15) is 4.79 Å². The Morgan fingerprint density at radius 2 is 1.88 bits per heavy atom. The van der Waals surface area contributed by atoms with Crippen LogP contribution in [0.4, 0.5) is 0 Å². The lowest BCUT2D eigenvalue weighted by atomic mass is 9.93. The Labute approximate surface area is 201 Å². The Morgan fingerprint density at radius 3 is 2.52 bits per heavy atom. The molecule has 4 rings (SSSR count). The molecular formula is C27H37NO4S. The number of thiophene rings is 1. The third kappa shape index (κ3) is 4.63. The molecule has 0 aliphatic heterocycles. The Bertz CT molecular complexity index is 1010. The molecule has 180 valence electrons. The van der Waals surface area contributed by atoms with E-state index in [0.717, 1.165) is 40.5 Å². The summed E-state index contributed by atoms with van der Waals surface area (Å²) < 4.78 is 5.95. The minimum Gasteiger partial charge on any atom is -0.492 e. The van der Waals surface area contributed by atoms with E-state index in [4.69, 9.17) is 14.9 Å². The van der Waals surface area contributed by atoms with Crippen molar-refractivity contribution < 1.29 is 19.7 Å². The predicted octanol–water partition coefficient (Wildman–Crippen LogP) is 4.11. The van der Waals surface area contributed by atoms with Gasteiger partial charge in [-0.2, -0.15) is 0 Å². The van der Waals surface area contributed by atoms with Gasteiger partial charge in [0, 0.05) is 17.8 Å². The van der Waals surface area contributed by atoms with Crippen LogP contribution >= 0.6 is 11.3 Å². The van der Waals surface area contributed by atoms with Gasteiger partial charge in [0.15, 0.2) is 5.78 Å². The van der Waals surface area contributed by atoms with Crippen LogP contribution in [0.5, 0.6) is 5.75 Å². The average molecular weight is 472 g/mol. The first-order chi connectivity index (χ1) is 15.7. The molecule has 2 aliphatic rings. The summed E-state index contributed by atoms with van der Waals surface area (Å²) >= 11 is 1.71. The number of ketones is 1. The van der Waals surface area contributed by atoms with Crippen LogP contribution in [0.25, 0.3) is 0 Å². The van der Waals surface area contributed by atoms with Gasteiger partial charge in [0.25, 0.3) is 0 Å². The smallest absolute Gasteiger partial charge is 0.173 e. The van der Waals surface area contributed by atoms with E-state index in [2.05, 4.69) is 38.2 Å². The second kappa shape index (κ2) is 9.49. The van der Waals surface area contributed by atoms with Crippen molar-refractivity contribution in [1.29, 1.82) is 0 Å². The number of ether oxygens (including phenoxy) is 1. The Hall–Kier alpha value is -1.73. The Morgan fingerprint density at radius 1 is 1.21 bits per heavy atom. The fourth-order valence-corrected chi connectivity index (χ4v) is 6.94. The lowest BCUT2D eigenvalue weighted by Crippen LogP contribution is -2.38. The summed E-state index contributed by atoms with van der Waals surface area (Å²) in [4.78, 5) is 15.5. The van der Waals surface area contributed by atoms with Gasteiger partial charge in [-0.15, -0.1) is 11.3 Å². The molecule has 33 heavy (non-hydrogen) atoms. The third-order valence-electron chi connectivity index (χ3n) is 7.66. The number of fused-ring (bicyclic) bond motifs is 3. The molecule has 1 saturated carbocycles. The summed E-state index contributed by atoms with van der Waals surface area (Å²) in [5, 5.41) is 21.3. The molecule has 0 radical (unpaired) electrons. The maximum atomic E-state index is 13.1. The summed E-state index contributed by atoms with van der Waals surface area (Å²) in [7, 11) is 0. The van der Waals surface area contributed by atoms with E-state index in [0.29, 0.717) is 30.9 Å². The minimum atomic E-state index is -0.318. The van der Waals surface area contributed by atoms with Crippen LogP contribution in [-0.4, -0.2) is 48.4 Å². The topological polar surface area (TPSA) is 78.8 Å². The fraction of sp³-hybridized carbons (Fsp3) is 0.593.